The van der Waals surface area contributed by atoms with Crippen molar-refractivity contribution in [1.82, 2.24) is 29.5 Å². The molecule has 5 heterocycles. The first-order valence-electron chi connectivity index (χ1n) is 12.9. The number of aryl methyl sites for hydroxylation is 1. The van der Waals surface area contributed by atoms with Crippen LogP contribution in [0.5, 0.6) is 17.2 Å². The monoisotopic (exact) mass is 538 g/mol. The van der Waals surface area contributed by atoms with Crippen molar-refractivity contribution in [2.24, 2.45) is 0 Å². The molecular weight excluding hydrogens is 512 g/mol. The van der Waals surface area contributed by atoms with Gasteiger partial charge in [-0.15, -0.1) is 0 Å². The summed E-state index contributed by atoms with van der Waals surface area (Å²) in [6, 6.07) is 13.6. The third-order valence-corrected chi connectivity index (χ3v) is 7.30. The van der Waals surface area contributed by atoms with E-state index in [0.29, 0.717) is 43.5 Å². The number of carbonyl (C=O) groups is 1. The van der Waals surface area contributed by atoms with E-state index in [4.69, 9.17) is 14.2 Å². The van der Waals surface area contributed by atoms with E-state index in [1.807, 2.05) is 55.6 Å². The first-order chi connectivity index (χ1) is 19.6. The van der Waals surface area contributed by atoms with Crippen molar-refractivity contribution < 1.29 is 19.0 Å². The van der Waals surface area contributed by atoms with Gasteiger partial charge in [-0.2, -0.15) is 5.10 Å². The highest BCUT2D eigenvalue weighted by Crippen LogP contribution is 2.43. The molecule has 1 fully saturated rings. The van der Waals surface area contributed by atoms with Crippen LogP contribution in [0.15, 0.2) is 61.3 Å². The quantitative estimate of drug-likeness (QED) is 0.357. The van der Waals surface area contributed by atoms with Gasteiger partial charge in [-0.25, -0.2) is 24.3 Å². The average molecular weight is 539 g/mol. The van der Waals surface area contributed by atoms with E-state index in [1.54, 1.807) is 15.7 Å². The summed E-state index contributed by atoms with van der Waals surface area (Å²) in [4.78, 5) is 29.3. The van der Waals surface area contributed by atoms with E-state index in [9.17, 15) is 4.79 Å². The third-order valence-electron chi connectivity index (χ3n) is 7.30. The fourth-order valence-corrected chi connectivity index (χ4v) is 5.33. The molecule has 1 N–H and O–H groups in total. The Morgan fingerprint density at radius 3 is 2.88 bits per heavy atom. The lowest BCUT2D eigenvalue weighted by Crippen LogP contribution is -2.58. The Hall–Kier alpha value is -5.13. The van der Waals surface area contributed by atoms with Crippen LogP contribution in [0.3, 0.4) is 0 Å². The topological polar surface area (TPSA) is 119 Å². The molecule has 5 aromatic rings. The first kappa shape index (κ1) is 23.9. The van der Waals surface area contributed by atoms with Crippen LogP contribution in [0.25, 0.3) is 16.6 Å². The molecule has 12 heteroatoms. The summed E-state index contributed by atoms with van der Waals surface area (Å²) in [5.74, 6) is 2.81. The lowest BCUT2D eigenvalue weighted by Gasteiger charge is -2.45. The minimum absolute atomic E-state index is 0.0412. The standard InChI is InChI=1S/C28H26N8O4/c1-17-11-18(3-6-23(17)40-20-7-8-36-24(12-20)30-16-32-36)33-27-25-21(29-15-31-27)4-5-22-26(25)39-14-19-13-34(28(37)38-2)9-10-35(19)22/h3-8,11-12,15-16,19H,9-10,13-14H2,1-2H3,(H,29,31,33). The number of benzene rings is 2. The Labute approximate surface area is 229 Å². The number of pyridine rings is 1. The maximum absolute atomic E-state index is 12.1. The van der Waals surface area contributed by atoms with E-state index in [1.165, 1.54) is 13.4 Å². The number of hydrogen-bond donors (Lipinski definition) is 1. The number of amides is 1. The summed E-state index contributed by atoms with van der Waals surface area (Å²) in [5, 5.41) is 8.39. The van der Waals surface area contributed by atoms with Gasteiger partial charge in [-0.05, 0) is 48.9 Å². The number of fused-ring (bicyclic) bond motifs is 6. The number of methoxy groups -OCH3 is 1. The molecule has 0 spiro atoms. The molecule has 1 unspecified atom stereocenters. The summed E-state index contributed by atoms with van der Waals surface area (Å²) in [7, 11) is 1.41. The number of piperazine rings is 1. The van der Waals surface area contributed by atoms with Crippen LogP contribution in [-0.4, -0.2) is 75.0 Å². The Bertz CT molecular complexity index is 1760. The SMILES string of the molecule is COC(=O)N1CCN2c3ccc4ncnc(Nc5ccc(Oc6ccn7ncnc7c6)c(C)c5)c4c3OCC2C1. The van der Waals surface area contributed by atoms with Crippen LogP contribution >= 0.6 is 0 Å². The van der Waals surface area contributed by atoms with E-state index in [-0.39, 0.29) is 12.1 Å². The molecule has 202 valence electrons. The number of hydrogen-bond acceptors (Lipinski definition) is 10. The average Bonchev–Trinajstić information content (AvgIpc) is 3.45. The highest BCUT2D eigenvalue weighted by molar-refractivity contribution is 6.00. The number of ether oxygens (including phenoxy) is 3. The Morgan fingerprint density at radius 1 is 1.07 bits per heavy atom. The molecule has 2 aromatic carbocycles. The molecule has 0 bridgehead atoms. The number of aromatic nitrogens is 5. The predicted molar refractivity (Wildman–Crippen MR) is 148 cm³/mol. The van der Waals surface area contributed by atoms with Crippen molar-refractivity contribution in [2.45, 2.75) is 13.0 Å². The number of anilines is 3. The van der Waals surface area contributed by atoms with Crippen LogP contribution in [0, 0.1) is 6.92 Å². The van der Waals surface area contributed by atoms with Crippen LogP contribution in [0.4, 0.5) is 22.0 Å². The maximum Gasteiger partial charge on any atom is 0.409 e. The Kier molecular flexibility index (Phi) is 5.72. The number of rotatable bonds is 4. The number of nitrogens with zero attached hydrogens (tertiary/aromatic N) is 7. The van der Waals surface area contributed by atoms with Gasteiger partial charge in [-0.3, -0.25) is 0 Å². The fraction of sp³-hybridized carbons (Fsp3) is 0.250. The largest absolute Gasteiger partial charge is 0.488 e. The van der Waals surface area contributed by atoms with Crippen molar-refractivity contribution in [1.29, 1.82) is 0 Å². The molecule has 40 heavy (non-hydrogen) atoms. The van der Waals surface area contributed by atoms with Crippen molar-refractivity contribution in [3.63, 3.8) is 0 Å². The second-order valence-corrected chi connectivity index (χ2v) is 9.74. The fourth-order valence-electron chi connectivity index (χ4n) is 5.33. The maximum atomic E-state index is 12.1. The molecule has 1 atom stereocenters. The highest BCUT2D eigenvalue weighted by Gasteiger charge is 2.36. The van der Waals surface area contributed by atoms with Gasteiger partial charge in [0.2, 0.25) is 0 Å². The minimum atomic E-state index is -0.313. The zero-order valence-corrected chi connectivity index (χ0v) is 21.9. The van der Waals surface area contributed by atoms with E-state index < -0.39 is 0 Å². The van der Waals surface area contributed by atoms with E-state index in [2.05, 4.69) is 30.3 Å². The molecule has 1 amide bonds. The summed E-state index contributed by atoms with van der Waals surface area (Å²) in [6.45, 7) is 4.24. The van der Waals surface area contributed by atoms with E-state index in [0.717, 1.165) is 39.3 Å². The first-order valence-corrected chi connectivity index (χ1v) is 12.9. The zero-order chi connectivity index (χ0) is 27.2. The molecule has 2 aliphatic rings. The molecule has 3 aromatic heterocycles. The summed E-state index contributed by atoms with van der Waals surface area (Å²) in [6.07, 6.45) is 4.55. The predicted octanol–water partition coefficient (Wildman–Crippen LogP) is 4.17. The van der Waals surface area contributed by atoms with Gasteiger partial charge in [0.15, 0.2) is 11.4 Å². The van der Waals surface area contributed by atoms with Crippen LogP contribution < -0.4 is 19.7 Å². The molecule has 1 saturated heterocycles. The Morgan fingerprint density at radius 2 is 2.00 bits per heavy atom. The molecule has 7 rings (SSSR count). The van der Waals surface area contributed by atoms with Crippen molar-refractivity contribution in [3.05, 3.63) is 66.9 Å². The number of carbonyl (C=O) groups excluding carboxylic acids is 1. The second-order valence-electron chi connectivity index (χ2n) is 9.74. The van der Waals surface area contributed by atoms with Crippen molar-refractivity contribution in [2.75, 3.05) is 43.6 Å². The molecule has 0 saturated carbocycles. The van der Waals surface area contributed by atoms with E-state index >= 15 is 0 Å². The molecular formula is C28H26N8O4. The zero-order valence-electron chi connectivity index (χ0n) is 21.9. The molecule has 0 aliphatic carbocycles. The van der Waals surface area contributed by atoms with Crippen molar-refractivity contribution >= 4 is 39.8 Å². The molecule has 12 nitrogen and oxygen atoms in total. The van der Waals surface area contributed by atoms with Gasteiger partial charge < -0.3 is 29.3 Å². The number of nitrogens with one attached hydrogen (secondary N) is 1. The molecule has 0 radical (unpaired) electrons. The lowest BCUT2D eigenvalue weighted by molar-refractivity contribution is 0.106. The van der Waals surface area contributed by atoms with Gasteiger partial charge in [0.1, 0.15) is 36.6 Å². The van der Waals surface area contributed by atoms with Gasteiger partial charge in [-0.1, -0.05) is 0 Å². The van der Waals surface area contributed by atoms with Gasteiger partial charge in [0.05, 0.1) is 29.7 Å². The summed E-state index contributed by atoms with van der Waals surface area (Å²) < 4.78 is 19.0. The minimum Gasteiger partial charge on any atom is -0.488 e. The highest BCUT2D eigenvalue weighted by atomic mass is 16.5. The van der Waals surface area contributed by atoms with Crippen LogP contribution in [0.2, 0.25) is 0 Å². The van der Waals surface area contributed by atoms with Gasteiger partial charge in [0, 0.05) is 37.6 Å². The van der Waals surface area contributed by atoms with Crippen LogP contribution in [-0.2, 0) is 4.74 Å². The smallest absolute Gasteiger partial charge is 0.409 e. The normalized spacial score (nSPS) is 16.3. The second kappa shape index (κ2) is 9.56. The van der Waals surface area contributed by atoms with Gasteiger partial charge in [0.25, 0.3) is 0 Å². The van der Waals surface area contributed by atoms with Crippen molar-refractivity contribution in [3.8, 4) is 17.2 Å². The summed E-state index contributed by atoms with van der Waals surface area (Å²) >= 11 is 0. The lowest BCUT2D eigenvalue weighted by atomic mass is 10.1. The molecule has 2 aliphatic heterocycles. The van der Waals surface area contributed by atoms with Crippen LogP contribution in [0.1, 0.15) is 5.56 Å². The third kappa shape index (κ3) is 4.13. The van der Waals surface area contributed by atoms with Gasteiger partial charge >= 0.3 is 6.09 Å². The Balaban J connectivity index is 1.16. The summed E-state index contributed by atoms with van der Waals surface area (Å²) in [5.41, 5.74) is 4.27.